The van der Waals surface area contributed by atoms with Crippen molar-refractivity contribution in [3.63, 3.8) is 0 Å². The van der Waals surface area contributed by atoms with Gasteiger partial charge in [0.15, 0.2) is 0 Å². The molecule has 2 aromatic carbocycles. The van der Waals surface area contributed by atoms with Crippen LogP contribution in [0.5, 0.6) is 5.75 Å². The van der Waals surface area contributed by atoms with Crippen LogP contribution in [0.15, 0.2) is 42.5 Å². The van der Waals surface area contributed by atoms with Crippen LogP contribution in [-0.4, -0.2) is 49.3 Å². The van der Waals surface area contributed by atoms with Gasteiger partial charge in [-0.1, -0.05) is 18.2 Å². The van der Waals surface area contributed by atoms with E-state index in [9.17, 15) is 4.79 Å². The Morgan fingerprint density at radius 2 is 1.88 bits per heavy atom. The molecule has 0 bridgehead atoms. The molecule has 1 aliphatic carbocycles. The molecule has 0 saturated carbocycles. The summed E-state index contributed by atoms with van der Waals surface area (Å²) in [4.78, 5) is 15.3. The molecule has 170 valence electrons. The zero-order valence-corrected chi connectivity index (χ0v) is 18.9. The smallest absolute Gasteiger partial charge is 0.251 e. The Kier molecular flexibility index (Phi) is 6.75. The van der Waals surface area contributed by atoms with Crippen LogP contribution in [0, 0.1) is 0 Å². The van der Waals surface area contributed by atoms with Crippen molar-refractivity contribution < 1.29 is 14.3 Å². The first-order valence-electron chi connectivity index (χ1n) is 12.2. The number of rotatable bonds is 7. The van der Waals surface area contributed by atoms with Crippen molar-refractivity contribution >= 4 is 5.91 Å². The quantitative estimate of drug-likeness (QED) is 0.712. The minimum absolute atomic E-state index is 0.00483. The standard InChI is InChI=1S/C27H34N2O3/c30-27(21-8-11-25(12-9-21)32-19-26-4-3-15-31-26)28-24-10-7-22-16-20(5-6-23(22)17-24)18-29-13-1-2-14-29/h5-6,8-9,11-12,16,24,26H,1-4,7,10,13-15,17-19H2,(H,28,30). The molecule has 0 aromatic heterocycles. The van der Waals surface area contributed by atoms with E-state index in [2.05, 4.69) is 28.4 Å². The van der Waals surface area contributed by atoms with Gasteiger partial charge >= 0.3 is 0 Å². The summed E-state index contributed by atoms with van der Waals surface area (Å²) >= 11 is 0. The summed E-state index contributed by atoms with van der Waals surface area (Å²) in [7, 11) is 0. The SMILES string of the molecule is O=C(NC1CCc2cc(CN3CCCC3)ccc2C1)c1ccc(OCC2CCCO2)cc1. The van der Waals surface area contributed by atoms with Gasteiger partial charge < -0.3 is 14.8 Å². The highest BCUT2D eigenvalue weighted by Crippen LogP contribution is 2.25. The third-order valence-corrected chi connectivity index (χ3v) is 7.02. The second-order valence-electron chi connectivity index (χ2n) is 9.47. The summed E-state index contributed by atoms with van der Waals surface area (Å²) in [5.41, 5.74) is 4.95. The number of ether oxygens (including phenoxy) is 2. The first kappa shape index (κ1) is 21.5. The van der Waals surface area contributed by atoms with E-state index in [0.717, 1.165) is 51.0 Å². The first-order valence-corrected chi connectivity index (χ1v) is 12.2. The predicted molar refractivity (Wildman–Crippen MR) is 125 cm³/mol. The number of hydrogen-bond donors (Lipinski definition) is 1. The van der Waals surface area contributed by atoms with Crippen LogP contribution in [0.25, 0.3) is 0 Å². The molecule has 5 heteroatoms. The van der Waals surface area contributed by atoms with Gasteiger partial charge in [0.2, 0.25) is 0 Å². The van der Waals surface area contributed by atoms with Gasteiger partial charge in [-0.3, -0.25) is 9.69 Å². The molecule has 2 saturated heterocycles. The van der Waals surface area contributed by atoms with E-state index in [1.54, 1.807) is 0 Å². The molecule has 2 heterocycles. The molecule has 2 fully saturated rings. The molecule has 32 heavy (non-hydrogen) atoms. The van der Waals surface area contributed by atoms with E-state index in [-0.39, 0.29) is 18.1 Å². The highest BCUT2D eigenvalue weighted by molar-refractivity contribution is 5.94. The third kappa shape index (κ3) is 5.33. The Bertz CT molecular complexity index is 915. The Morgan fingerprint density at radius 3 is 2.66 bits per heavy atom. The molecule has 0 radical (unpaired) electrons. The number of likely N-dealkylation sites (tertiary alicyclic amines) is 1. The normalized spacial score (nSPS) is 23.1. The monoisotopic (exact) mass is 434 g/mol. The van der Waals surface area contributed by atoms with E-state index >= 15 is 0 Å². The number of nitrogens with one attached hydrogen (secondary N) is 1. The van der Waals surface area contributed by atoms with Crippen molar-refractivity contribution in [2.75, 3.05) is 26.3 Å². The molecule has 5 nitrogen and oxygen atoms in total. The summed E-state index contributed by atoms with van der Waals surface area (Å²) in [5.74, 6) is 0.781. The average molecular weight is 435 g/mol. The van der Waals surface area contributed by atoms with Gasteiger partial charge in [0, 0.05) is 24.8 Å². The number of carbonyl (C=O) groups is 1. The molecular weight excluding hydrogens is 400 g/mol. The molecule has 5 rings (SSSR count). The van der Waals surface area contributed by atoms with Gasteiger partial charge in [-0.2, -0.15) is 0 Å². The highest BCUT2D eigenvalue weighted by atomic mass is 16.5. The molecule has 3 aliphatic rings. The van der Waals surface area contributed by atoms with Crippen LogP contribution in [0.1, 0.15) is 59.2 Å². The fourth-order valence-electron chi connectivity index (χ4n) is 5.17. The Balaban J connectivity index is 1.12. The van der Waals surface area contributed by atoms with Crippen LogP contribution in [0.2, 0.25) is 0 Å². The van der Waals surface area contributed by atoms with Crippen molar-refractivity contribution in [1.29, 1.82) is 0 Å². The number of hydrogen-bond acceptors (Lipinski definition) is 4. The molecule has 1 N–H and O–H groups in total. The summed E-state index contributed by atoms with van der Waals surface area (Å²) < 4.78 is 11.4. The number of amides is 1. The lowest BCUT2D eigenvalue weighted by atomic mass is 9.87. The zero-order chi connectivity index (χ0) is 21.8. The number of fused-ring (bicyclic) bond motifs is 1. The fourth-order valence-corrected chi connectivity index (χ4v) is 5.17. The van der Waals surface area contributed by atoms with E-state index in [1.807, 2.05) is 24.3 Å². The zero-order valence-electron chi connectivity index (χ0n) is 18.9. The topological polar surface area (TPSA) is 50.8 Å². The predicted octanol–water partition coefficient (Wildman–Crippen LogP) is 4.13. The van der Waals surface area contributed by atoms with Crippen LogP contribution in [0.4, 0.5) is 0 Å². The van der Waals surface area contributed by atoms with Gasteiger partial charge in [-0.25, -0.2) is 0 Å². The van der Waals surface area contributed by atoms with Crippen molar-refractivity contribution in [3.05, 3.63) is 64.7 Å². The van der Waals surface area contributed by atoms with Crippen molar-refractivity contribution in [1.82, 2.24) is 10.2 Å². The lowest BCUT2D eigenvalue weighted by Crippen LogP contribution is -2.38. The van der Waals surface area contributed by atoms with Gasteiger partial charge in [0.1, 0.15) is 12.4 Å². The van der Waals surface area contributed by atoms with E-state index in [4.69, 9.17) is 9.47 Å². The van der Waals surface area contributed by atoms with Crippen LogP contribution in [-0.2, 0) is 24.1 Å². The molecule has 1 amide bonds. The molecule has 2 unspecified atom stereocenters. The maximum absolute atomic E-state index is 12.8. The lowest BCUT2D eigenvalue weighted by molar-refractivity contribution is 0.0679. The minimum Gasteiger partial charge on any atom is -0.491 e. The largest absolute Gasteiger partial charge is 0.491 e. The minimum atomic E-state index is -0.00483. The summed E-state index contributed by atoms with van der Waals surface area (Å²) in [6.45, 7) is 4.94. The number of nitrogens with zero attached hydrogens (tertiary/aromatic N) is 1. The van der Waals surface area contributed by atoms with E-state index < -0.39 is 0 Å². The Hall–Kier alpha value is -2.37. The number of carbonyl (C=O) groups excluding carboxylic acids is 1. The molecular formula is C27H34N2O3. The summed E-state index contributed by atoms with van der Waals surface area (Å²) in [6.07, 6.45) is 7.97. The van der Waals surface area contributed by atoms with Gasteiger partial charge in [0.25, 0.3) is 5.91 Å². The van der Waals surface area contributed by atoms with Gasteiger partial charge in [-0.05, 0) is 99.0 Å². The number of benzene rings is 2. The van der Waals surface area contributed by atoms with Gasteiger partial charge in [0.05, 0.1) is 6.10 Å². The molecule has 2 aromatic rings. The second-order valence-corrected chi connectivity index (χ2v) is 9.47. The molecule has 2 aliphatic heterocycles. The molecule has 2 atom stereocenters. The van der Waals surface area contributed by atoms with Crippen molar-refractivity contribution in [2.24, 2.45) is 0 Å². The number of aryl methyl sites for hydroxylation is 1. The van der Waals surface area contributed by atoms with Crippen molar-refractivity contribution in [3.8, 4) is 5.75 Å². The van der Waals surface area contributed by atoms with Crippen LogP contribution in [0.3, 0.4) is 0 Å². The second kappa shape index (κ2) is 10.1. The third-order valence-electron chi connectivity index (χ3n) is 7.02. The maximum Gasteiger partial charge on any atom is 0.251 e. The fraction of sp³-hybridized carbons (Fsp3) is 0.519. The maximum atomic E-state index is 12.8. The molecule has 0 spiro atoms. The first-order chi connectivity index (χ1) is 15.7. The Labute approximate surface area is 191 Å². The summed E-state index contributed by atoms with van der Waals surface area (Å²) in [5, 5.41) is 3.24. The summed E-state index contributed by atoms with van der Waals surface area (Å²) in [6, 6.07) is 14.6. The average Bonchev–Trinajstić information content (AvgIpc) is 3.52. The highest BCUT2D eigenvalue weighted by Gasteiger charge is 2.22. The van der Waals surface area contributed by atoms with Crippen molar-refractivity contribution in [2.45, 2.75) is 63.6 Å². The Morgan fingerprint density at radius 1 is 1.03 bits per heavy atom. The van der Waals surface area contributed by atoms with E-state index in [0.29, 0.717) is 12.2 Å². The van der Waals surface area contributed by atoms with Crippen LogP contribution >= 0.6 is 0 Å². The van der Waals surface area contributed by atoms with Gasteiger partial charge in [-0.15, -0.1) is 0 Å². The van der Waals surface area contributed by atoms with Crippen LogP contribution < -0.4 is 10.1 Å². The lowest BCUT2D eigenvalue weighted by Gasteiger charge is -2.26. The van der Waals surface area contributed by atoms with E-state index in [1.165, 1.54) is 42.6 Å².